The van der Waals surface area contributed by atoms with Gasteiger partial charge in [0.15, 0.2) is 0 Å². The van der Waals surface area contributed by atoms with Gasteiger partial charge in [-0.2, -0.15) is 5.10 Å². The zero-order valence-corrected chi connectivity index (χ0v) is 25.8. The van der Waals surface area contributed by atoms with Crippen molar-refractivity contribution in [1.29, 1.82) is 0 Å². The fourth-order valence-electron chi connectivity index (χ4n) is 4.61. The smallest absolute Gasteiger partial charge is 0.410 e. The van der Waals surface area contributed by atoms with Crippen molar-refractivity contribution in [2.75, 3.05) is 25.0 Å². The van der Waals surface area contributed by atoms with Crippen LogP contribution < -0.4 is 5.32 Å². The van der Waals surface area contributed by atoms with Crippen LogP contribution in [0, 0.1) is 13.8 Å². The van der Waals surface area contributed by atoms with Gasteiger partial charge in [0, 0.05) is 45.4 Å². The molecule has 0 bridgehead atoms. The average Bonchev–Trinajstić information content (AvgIpc) is 3.19. The fourth-order valence-corrected chi connectivity index (χ4v) is 5.36. The number of nitrogens with zero attached hydrogens (tertiary/aromatic N) is 5. The molecule has 1 aliphatic rings. The monoisotopic (exact) mass is 552 g/mol. The number of anilines is 1. The molecule has 1 amide bonds. The van der Waals surface area contributed by atoms with E-state index in [1.165, 1.54) is 5.56 Å². The van der Waals surface area contributed by atoms with Crippen molar-refractivity contribution in [1.82, 2.24) is 24.6 Å². The Morgan fingerprint density at radius 2 is 1.95 bits per heavy atom. The highest BCUT2D eigenvalue weighted by atomic mass is 28.3. The van der Waals surface area contributed by atoms with Crippen LogP contribution in [-0.2, 0) is 16.2 Å². The summed E-state index contributed by atoms with van der Waals surface area (Å²) in [7, 11) is -1.17. The molecule has 4 rings (SSSR count). The number of aromatic nitrogens is 4. The van der Waals surface area contributed by atoms with Crippen molar-refractivity contribution < 1.29 is 14.3 Å². The lowest BCUT2D eigenvalue weighted by atomic mass is 10.1. The van der Waals surface area contributed by atoms with E-state index >= 15 is 0 Å². The topological polar surface area (TPSA) is 94.4 Å². The molecule has 0 aliphatic carbocycles. The van der Waals surface area contributed by atoms with Crippen LogP contribution in [0.1, 0.15) is 44.7 Å². The Morgan fingerprint density at radius 1 is 1.18 bits per heavy atom. The van der Waals surface area contributed by atoms with E-state index < -0.39 is 13.7 Å². The van der Waals surface area contributed by atoms with Crippen molar-refractivity contribution in [3.8, 4) is 11.4 Å². The van der Waals surface area contributed by atoms with Gasteiger partial charge < -0.3 is 19.7 Å². The summed E-state index contributed by atoms with van der Waals surface area (Å²) in [5, 5.41) is 9.46. The van der Waals surface area contributed by atoms with Crippen LogP contribution in [0.2, 0.25) is 25.7 Å². The van der Waals surface area contributed by atoms with Crippen LogP contribution >= 0.6 is 0 Å². The van der Waals surface area contributed by atoms with Crippen molar-refractivity contribution in [2.45, 2.75) is 91.5 Å². The van der Waals surface area contributed by atoms with Gasteiger partial charge in [0.25, 0.3) is 0 Å². The Labute approximate surface area is 233 Å². The summed E-state index contributed by atoms with van der Waals surface area (Å²) < 4.78 is 13.6. The first-order valence-electron chi connectivity index (χ1n) is 13.9. The third-order valence-electron chi connectivity index (χ3n) is 6.72. The summed E-state index contributed by atoms with van der Waals surface area (Å²) >= 11 is 0. The molecule has 1 N–H and O–H groups in total. The quantitative estimate of drug-likeness (QED) is 0.261. The first-order chi connectivity index (χ1) is 18.3. The zero-order chi connectivity index (χ0) is 28.4. The molecule has 10 heteroatoms. The minimum atomic E-state index is -1.17. The molecular weight excluding hydrogens is 508 g/mol. The molecule has 1 atom stereocenters. The minimum Gasteiger partial charge on any atom is -0.444 e. The second kappa shape index (κ2) is 11.6. The molecule has 3 aromatic rings. The molecule has 212 valence electrons. The van der Waals surface area contributed by atoms with Gasteiger partial charge >= 0.3 is 6.09 Å². The molecule has 0 unspecified atom stereocenters. The lowest BCUT2D eigenvalue weighted by molar-refractivity contribution is 0.0206. The van der Waals surface area contributed by atoms with E-state index in [1.54, 1.807) is 4.90 Å². The molecule has 0 spiro atoms. The number of hydrogen-bond acceptors (Lipinski definition) is 7. The molecule has 1 aliphatic heterocycles. The predicted molar refractivity (Wildman–Crippen MR) is 159 cm³/mol. The van der Waals surface area contributed by atoms with Gasteiger partial charge in [-0.1, -0.05) is 31.8 Å². The van der Waals surface area contributed by atoms with Gasteiger partial charge in [-0.05, 0) is 70.7 Å². The lowest BCUT2D eigenvalue weighted by Gasteiger charge is -2.34. The van der Waals surface area contributed by atoms with E-state index in [0.29, 0.717) is 25.8 Å². The number of ether oxygens (including phenoxy) is 2. The van der Waals surface area contributed by atoms with Crippen LogP contribution in [0.25, 0.3) is 22.3 Å². The molecule has 1 saturated heterocycles. The highest BCUT2D eigenvalue weighted by Gasteiger charge is 2.28. The Bertz CT molecular complexity index is 1310. The van der Waals surface area contributed by atoms with Gasteiger partial charge in [-0.15, -0.1) is 0 Å². The van der Waals surface area contributed by atoms with E-state index in [-0.39, 0.29) is 12.1 Å². The second-order valence-corrected chi connectivity index (χ2v) is 18.5. The number of nitrogens with one attached hydrogen (secondary N) is 1. The number of rotatable bonds is 8. The summed E-state index contributed by atoms with van der Waals surface area (Å²) in [6.07, 6.45) is 3.38. The van der Waals surface area contributed by atoms with Crippen LogP contribution in [-0.4, -0.2) is 70.2 Å². The number of benzene rings is 1. The normalized spacial score (nSPS) is 16.5. The van der Waals surface area contributed by atoms with Gasteiger partial charge in [-0.3, -0.25) is 0 Å². The number of likely N-dealkylation sites (tertiary alicyclic amines) is 1. The van der Waals surface area contributed by atoms with Crippen molar-refractivity contribution in [3.63, 3.8) is 0 Å². The summed E-state index contributed by atoms with van der Waals surface area (Å²) in [6.45, 7) is 19.2. The van der Waals surface area contributed by atoms with Gasteiger partial charge in [0.2, 0.25) is 5.95 Å². The Hall–Kier alpha value is -2.98. The van der Waals surface area contributed by atoms with Crippen LogP contribution in [0.15, 0.2) is 24.4 Å². The zero-order valence-electron chi connectivity index (χ0n) is 24.8. The number of aryl methyl sites for hydroxylation is 2. The second-order valence-electron chi connectivity index (χ2n) is 12.9. The van der Waals surface area contributed by atoms with Gasteiger partial charge in [0.05, 0.1) is 11.2 Å². The van der Waals surface area contributed by atoms with Crippen molar-refractivity contribution >= 4 is 31.0 Å². The highest BCUT2D eigenvalue weighted by molar-refractivity contribution is 6.76. The number of carbonyl (C=O) groups is 1. The molecular formula is C29H44N6O3Si. The van der Waals surface area contributed by atoms with Crippen molar-refractivity contribution in [3.05, 3.63) is 35.5 Å². The van der Waals surface area contributed by atoms with Gasteiger partial charge in [0.1, 0.15) is 18.0 Å². The van der Waals surface area contributed by atoms with E-state index in [0.717, 1.165) is 53.3 Å². The lowest BCUT2D eigenvalue weighted by Crippen LogP contribution is -2.47. The van der Waals surface area contributed by atoms with E-state index in [1.807, 2.05) is 38.6 Å². The Morgan fingerprint density at radius 3 is 2.67 bits per heavy atom. The minimum absolute atomic E-state index is 0.0403. The molecule has 0 saturated carbocycles. The third-order valence-corrected chi connectivity index (χ3v) is 8.42. The summed E-state index contributed by atoms with van der Waals surface area (Å²) in [5.41, 5.74) is 4.25. The number of hydrogen-bond donors (Lipinski definition) is 1. The number of carbonyl (C=O) groups excluding carboxylic acids is 1. The summed E-state index contributed by atoms with van der Waals surface area (Å²) in [5.74, 6) is 0.535. The number of piperidine rings is 1. The molecule has 2 aromatic heterocycles. The SMILES string of the molecule is Cc1ccc2c(-c3nc(N[C@H]4CCCN(C(=O)OC(C)(C)C)C4)ncc3C)nn(COCC[Si](C)(C)C)c2c1. The molecule has 0 radical (unpaired) electrons. The van der Waals surface area contributed by atoms with Gasteiger partial charge in [-0.25, -0.2) is 19.4 Å². The van der Waals surface area contributed by atoms with Crippen LogP contribution in [0.5, 0.6) is 0 Å². The maximum absolute atomic E-state index is 12.6. The molecule has 9 nitrogen and oxygen atoms in total. The van der Waals surface area contributed by atoms with E-state index in [9.17, 15) is 4.79 Å². The predicted octanol–water partition coefficient (Wildman–Crippen LogP) is 6.23. The number of fused-ring (bicyclic) bond motifs is 1. The number of amides is 1. The van der Waals surface area contributed by atoms with Crippen molar-refractivity contribution in [2.24, 2.45) is 0 Å². The maximum Gasteiger partial charge on any atom is 0.410 e. The van der Waals surface area contributed by atoms with E-state index in [2.05, 4.69) is 55.1 Å². The average molecular weight is 553 g/mol. The first-order valence-corrected chi connectivity index (χ1v) is 17.6. The molecule has 1 aromatic carbocycles. The van der Waals surface area contributed by atoms with Crippen LogP contribution in [0.3, 0.4) is 0 Å². The largest absolute Gasteiger partial charge is 0.444 e. The Kier molecular flexibility index (Phi) is 8.65. The Balaban J connectivity index is 1.55. The van der Waals surface area contributed by atoms with Crippen LogP contribution in [0.4, 0.5) is 10.7 Å². The fraction of sp³-hybridized carbons (Fsp3) is 0.586. The maximum atomic E-state index is 12.6. The summed E-state index contributed by atoms with van der Waals surface area (Å²) in [4.78, 5) is 23.9. The highest BCUT2D eigenvalue weighted by Crippen LogP contribution is 2.30. The first kappa shape index (κ1) is 29.0. The summed E-state index contributed by atoms with van der Waals surface area (Å²) in [6, 6.07) is 7.52. The van der Waals surface area contributed by atoms with E-state index in [4.69, 9.17) is 19.6 Å². The molecule has 39 heavy (non-hydrogen) atoms. The molecule has 3 heterocycles. The standard InChI is InChI=1S/C29H44N6O3Si/c1-20-11-12-23-24(16-20)35(19-37-14-15-39(6,7)8)33-26(23)25-21(2)17-30-27(32-25)31-22-10-9-13-34(18-22)28(36)38-29(3,4)5/h11-12,16-17,22H,9-10,13-15,18-19H2,1-8H3,(H,30,31,32)/t22-/m0/s1. The molecule has 1 fully saturated rings. The third kappa shape index (κ3) is 7.79.